The molecule has 4 nitrogen and oxygen atoms in total. The zero-order valence-corrected chi connectivity index (χ0v) is 12.4. The average molecular weight is 276 g/mol. The van der Waals surface area contributed by atoms with Gasteiger partial charge in [-0.25, -0.2) is 4.79 Å². The Morgan fingerprint density at radius 2 is 2.20 bits per heavy atom. The number of rotatable bonds is 7. The first-order valence-corrected chi connectivity index (χ1v) is 7.33. The third kappa shape index (κ3) is 3.73. The van der Waals surface area contributed by atoms with Crippen molar-refractivity contribution in [2.24, 2.45) is 5.92 Å². The lowest BCUT2D eigenvalue weighted by Gasteiger charge is -2.23. The minimum absolute atomic E-state index is 0.346. The molecule has 0 bridgehead atoms. The van der Waals surface area contributed by atoms with E-state index in [0.717, 1.165) is 37.5 Å². The monoisotopic (exact) mass is 276 g/mol. The Labute approximate surface area is 120 Å². The van der Waals surface area contributed by atoms with Crippen molar-refractivity contribution in [2.45, 2.75) is 32.7 Å². The van der Waals surface area contributed by atoms with E-state index in [-0.39, 0.29) is 5.97 Å². The molecule has 0 atom stereocenters. The molecule has 2 N–H and O–H groups in total. The van der Waals surface area contributed by atoms with Crippen LogP contribution in [0.2, 0.25) is 0 Å². The van der Waals surface area contributed by atoms with E-state index in [0.29, 0.717) is 11.3 Å². The van der Waals surface area contributed by atoms with Crippen LogP contribution >= 0.6 is 0 Å². The molecule has 0 aliphatic heterocycles. The van der Waals surface area contributed by atoms with Gasteiger partial charge in [-0.05, 0) is 43.4 Å². The molecule has 0 aromatic heterocycles. The lowest BCUT2D eigenvalue weighted by molar-refractivity contribution is 0.0599. The molecule has 0 amide bonds. The van der Waals surface area contributed by atoms with E-state index >= 15 is 0 Å². The van der Waals surface area contributed by atoms with Crippen LogP contribution in [-0.4, -0.2) is 31.1 Å². The standard InChI is InChI=1S/C16H24N2O2/c1-3-9-18(10-12-7-8-12)11-13-5-4-6-14(17)15(13)16(19)20-2/h4-6,12H,3,7-11,17H2,1-2H3. The summed E-state index contributed by atoms with van der Waals surface area (Å²) >= 11 is 0. The molecular formula is C16H24N2O2. The first kappa shape index (κ1) is 14.9. The van der Waals surface area contributed by atoms with Crippen LogP contribution in [-0.2, 0) is 11.3 Å². The number of methoxy groups -OCH3 is 1. The molecule has 1 saturated carbocycles. The number of carbonyl (C=O) groups excluding carboxylic acids is 1. The van der Waals surface area contributed by atoms with Crippen molar-refractivity contribution in [2.75, 3.05) is 25.9 Å². The van der Waals surface area contributed by atoms with Gasteiger partial charge >= 0.3 is 5.97 Å². The van der Waals surface area contributed by atoms with E-state index in [1.54, 1.807) is 6.07 Å². The summed E-state index contributed by atoms with van der Waals surface area (Å²) in [6, 6.07) is 5.62. The molecule has 0 spiro atoms. The number of carbonyl (C=O) groups is 1. The number of nitrogens with zero attached hydrogens (tertiary/aromatic N) is 1. The molecule has 1 aliphatic carbocycles. The highest BCUT2D eigenvalue weighted by Crippen LogP contribution is 2.30. The van der Waals surface area contributed by atoms with Crippen LogP contribution in [0.1, 0.15) is 42.1 Å². The van der Waals surface area contributed by atoms with Crippen molar-refractivity contribution in [3.05, 3.63) is 29.3 Å². The second-order valence-corrected chi connectivity index (χ2v) is 5.55. The average Bonchev–Trinajstić information content (AvgIpc) is 3.22. The summed E-state index contributed by atoms with van der Waals surface area (Å²) < 4.78 is 4.86. The predicted octanol–water partition coefficient (Wildman–Crippen LogP) is 2.68. The number of anilines is 1. The van der Waals surface area contributed by atoms with Crippen LogP contribution in [0.25, 0.3) is 0 Å². The summed E-state index contributed by atoms with van der Waals surface area (Å²) in [6.45, 7) is 5.11. The Balaban J connectivity index is 2.17. The highest BCUT2D eigenvalue weighted by molar-refractivity contribution is 5.96. The number of nitrogen functional groups attached to an aromatic ring is 1. The molecule has 110 valence electrons. The van der Waals surface area contributed by atoms with Crippen LogP contribution in [0.4, 0.5) is 5.69 Å². The molecule has 0 heterocycles. The van der Waals surface area contributed by atoms with Gasteiger partial charge < -0.3 is 10.5 Å². The Morgan fingerprint density at radius 1 is 1.45 bits per heavy atom. The van der Waals surface area contributed by atoms with Gasteiger partial charge in [0.15, 0.2) is 0 Å². The normalized spacial score (nSPS) is 14.6. The second kappa shape index (κ2) is 6.75. The number of ether oxygens (including phenoxy) is 1. The number of esters is 1. The van der Waals surface area contributed by atoms with Crippen molar-refractivity contribution in [1.29, 1.82) is 0 Å². The van der Waals surface area contributed by atoms with Gasteiger partial charge in [-0.1, -0.05) is 19.1 Å². The van der Waals surface area contributed by atoms with E-state index in [1.165, 1.54) is 20.0 Å². The summed E-state index contributed by atoms with van der Waals surface area (Å²) in [5, 5.41) is 0. The third-order valence-electron chi connectivity index (χ3n) is 3.72. The maximum Gasteiger partial charge on any atom is 0.340 e. The van der Waals surface area contributed by atoms with Crippen LogP contribution < -0.4 is 5.73 Å². The highest BCUT2D eigenvalue weighted by atomic mass is 16.5. The van der Waals surface area contributed by atoms with Gasteiger partial charge in [-0.15, -0.1) is 0 Å². The summed E-state index contributed by atoms with van der Waals surface area (Å²) in [6.07, 6.45) is 3.78. The summed E-state index contributed by atoms with van der Waals surface area (Å²) in [7, 11) is 1.40. The zero-order valence-electron chi connectivity index (χ0n) is 12.4. The Kier molecular flexibility index (Phi) is 5.01. The summed E-state index contributed by atoms with van der Waals surface area (Å²) in [4.78, 5) is 14.3. The van der Waals surface area contributed by atoms with Crippen LogP contribution in [0.3, 0.4) is 0 Å². The number of hydrogen-bond acceptors (Lipinski definition) is 4. The van der Waals surface area contributed by atoms with Gasteiger partial charge in [-0.3, -0.25) is 4.90 Å². The van der Waals surface area contributed by atoms with Gasteiger partial charge in [0.05, 0.1) is 12.7 Å². The topological polar surface area (TPSA) is 55.6 Å². The molecule has 1 fully saturated rings. The fraction of sp³-hybridized carbons (Fsp3) is 0.562. The fourth-order valence-electron chi connectivity index (χ4n) is 2.56. The zero-order chi connectivity index (χ0) is 14.5. The van der Waals surface area contributed by atoms with Crippen molar-refractivity contribution in [3.8, 4) is 0 Å². The van der Waals surface area contributed by atoms with Crippen LogP contribution in [0.15, 0.2) is 18.2 Å². The molecule has 0 unspecified atom stereocenters. The summed E-state index contributed by atoms with van der Waals surface area (Å²) in [5.74, 6) is 0.491. The molecule has 0 radical (unpaired) electrons. The quantitative estimate of drug-likeness (QED) is 0.614. The lowest BCUT2D eigenvalue weighted by Crippen LogP contribution is -2.27. The third-order valence-corrected chi connectivity index (χ3v) is 3.72. The first-order chi connectivity index (χ1) is 9.65. The molecule has 1 aromatic carbocycles. The lowest BCUT2D eigenvalue weighted by atomic mass is 10.0. The predicted molar refractivity (Wildman–Crippen MR) is 80.5 cm³/mol. The van der Waals surface area contributed by atoms with E-state index in [1.807, 2.05) is 12.1 Å². The van der Waals surface area contributed by atoms with Gasteiger partial charge in [0.2, 0.25) is 0 Å². The second-order valence-electron chi connectivity index (χ2n) is 5.55. The SMILES string of the molecule is CCCN(Cc1cccc(N)c1C(=O)OC)CC1CC1. The van der Waals surface area contributed by atoms with E-state index in [4.69, 9.17) is 10.5 Å². The van der Waals surface area contributed by atoms with Gasteiger partial charge in [0.25, 0.3) is 0 Å². The molecule has 1 aliphatic rings. The minimum Gasteiger partial charge on any atom is -0.465 e. The number of hydrogen-bond donors (Lipinski definition) is 1. The Hall–Kier alpha value is -1.55. The van der Waals surface area contributed by atoms with Crippen molar-refractivity contribution in [3.63, 3.8) is 0 Å². The molecule has 4 heteroatoms. The van der Waals surface area contributed by atoms with Gasteiger partial charge in [0, 0.05) is 18.8 Å². The molecular weight excluding hydrogens is 252 g/mol. The first-order valence-electron chi connectivity index (χ1n) is 7.33. The minimum atomic E-state index is -0.346. The largest absolute Gasteiger partial charge is 0.465 e. The molecule has 1 aromatic rings. The van der Waals surface area contributed by atoms with E-state index < -0.39 is 0 Å². The summed E-state index contributed by atoms with van der Waals surface area (Å²) in [5.41, 5.74) is 7.92. The van der Waals surface area contributed by atoms with Gasteiger partial charge in [-0.2, -0.15) is 0 Å². The number of benzene rings is 1. The Morgan fingerprint density at radius 3 is 2.80 bits per heavy atom. The van der Waals surface area contributed by atoms with Crippen molar-refractivity contribution >= 4 is 11.7 Å². The number of nitrogens with two attached hydrogens (primary N) is 1. The van der Waals surface area contributed by atoms with Crippen molar-refractivity contribution < 1.29 is 9.53 Å². The fourth-order valence-corrected chi connectivity index (χ4v) is 2.56. The van der Waals surface area contributed by atoms with Gasteiger partial charge in [0.1, 0.15) is 0 Å². The smallest absolute Gasteiger partial charge is 0.340 e. The van der Waals surface area contributed by atoms with Crippen LogP contribution in [0.5, 0.6) is 0 Å². The van der Waals surface area contributed by atoms with Crippen LogP contribution in [0, 0.1) is 5.92 Å². The maximum atomic E-state index is 11.9. The van der Waals surface area contributed by atoms with Crippen molar-refractivity contribution in [1.82, 2.24) is 4.90 Å². The van der Waals surface area contributed by atoms with E-state index in [2.05, 4.69) is 11.8 Å². The van der Waals surface area contributed by atoms with E-state index in [9.17, 15) is 4.79 Å². The maximum absolute atomic E-state index is 11.9. The molecule has 2 rings (SSSR count). The Bertz CT molecular complexity index is 470. The molecule has 20 heavy (non-hydrogen) atoms. The molecule has 0 saturated heterocycles. The highest BCUT2D eigenvalue weighted by Gasteiger charge is 2.25.